The number of hydrogen-bond acceptors (Lipinski definition) is 5. The summed E-state index contributed by atoms with van der Waals surface area (Å²) >= 11 is 0. The zero-order valence-corrected chi connectivity index (χ0v) is 17.5. The van der Waals surface area contributed by atoms with Gasteiger partial charge < -0.3 is 18.9 Å². The number of pyridine rings is 1. The van der Waals surface area contributed by atoms with Gasteiger partial charge in [-0.1, -0.05) is 0 Å². The van der Waals surface area contributed by atoms with Crippen molar-refractivity contribution in [3.8, 4) is 0 Å². The van der Waals surface area contributed by atoms with E-state index in [1.807, 2.05) is 60.6 Å². The van der Waals surface area contributed by atoms with Gasteiger partial charge in [0.25, 0.3) is 0 Å². The second-order valence-corrected chi connectivity index (χ2v) is 9.51. The molecule has 2 aliphatic rings. The molecule has 0 spiro atoms. The van der Waals surface area contributed by atoms with Gasteiger partial charge in [0.15, 0.2) is 0 Å². The van der Waals surface area contributed by atoms with Gasteiger partial charge in [-0.05, 0) is 72.5 Å². The number of carbonyl (C=O) groups is 1. The van der Waals surface area contributed by atoms with Crippen molar-refractivity contribution in [1.29, 1.82) is 0 Å². The maximum atomic E-state index is 12.3. The molecule has 6 nitrogen and oxygen atoms in total. The van der Waals surface area contributed by atoms with Crippen LogP contribution in [0.2, 0.25) is 0 Å². The molecule has 0 bridgehead atoms. The molecule has 0 aliphatic carbocycles. The Morgan fingerprint density at radius 2 is 1.89 bits per heavy atom. The number of rotatable bonds is 2. The monoisotopic (exact) mass is 374 g/mol. The van der Waals surface area contributed by atoms with E-state index in [0.29, 0.717) is 13.1 Å². The Morgan fingerprint density at radius 1 is 1.26 bits per heavy atom. The fraction of sp³-hybridized carbons (Fsp3) is 0.700. The lowest BCUT2D eigenvalue weighted by molar-refractivity contribution is 0.00578. The van der Waals surface area contributed by atoms with Crippen LogP contribution in [0.1, 0.15) is 66.5 Å². The highest BCUT2D eigenvalue weighted by molar-refractivity contribution is 6.62. The average Bonchev–Trinajstić information content (AvgIpc) is 3.09. The molecule has 1 amide bonds. The highest BCUT2D eigenvalue weighted by atomic mass is 16.7. The molecule has 3 heterocycles. The van der Waals surface area contributed by atoms with Crippen LogP contribution in [-0.4, -0.2) is 53.0 Å². The van der Waals surface area contributed by atoms with E-state index in [4.69, 9.17) is 14.0 Å². The van der Waals surface area contributed by atoms with Crippen LogP contribution in [0.5, 0.6) is 0 Å². The zero-order valence-electron chi connectivity index (χ0n) is 17.5. The average molecular weight is 374 g/mol. The quantitative estimate of drug-likeness (QED) is 0.745. The van der Waals surface area contributed by atoms with E-state index in [9.17, 15) is 4.79 Å². The van der Waals surface area contributed by atoms with E-state index in [-0.39, 0.29) is 23.2 Å². The second kappa shape index (κ2) is 6.78. The van der Waals surface area contributed by atoms with Crippen molar-refractivity contribution in [1.82, 2.24) is 9.88 Å². The normalized spacial score (nSPS) is 24.3. The molecule has 148 valence electrons. The Morgan fingerprint density at radius 3 is 2.48 bits per heavy atom. The van der Waals surface area contributed by atoms with Crippen molar-refractivity contribution in [3.63, 3.8) is 0 Å². The first-order valence-corrected chi connectivity index (χ1v) is 9.67. The maximum Gasteiger partial charge on any atom is 0.494 e. The molecule has 2 aliphatic heterocycles. The summed E-state index contributed by atoms with van der Waals surface area (Å²) in [6, 6.07) is 3.98. The highest BCUT2D eigenvalue weighted by Crippen LogP contribution is 2.36. The first-order valence-electron chi connectivity index (χ1n) is 9.67. The molecule has 0 N–H and O–H groups in total. The predicted molar refractivity (Wildman–Crippen MR) is 105 cm³/mol. The smallest absolute Gasteiger partial charge is 0.444 e. The first-order chi connectivity index (χ1) is 12.4. The lowest BCUT2D eigenvalue weighted by atomic mass is 9.78. The van der Waals surface area contributed by atoms with E-state index < -0.39 is 12.7 Å². The van der Waals surface area contributed by atoms with Crippen LogP contribution in [0, 0.1) is 0 Å². The minimum Gasteiger partial charge on any atom is -0.444 e. The van der Waals surface area contributed by atoms with Crippen LogP contribution in [0.4, 0.5) is 4.79 Å². The Kier molecular flexibility index (Phi) is 5.06. The molecule has 27 heavy (non-hydrogen) atoms. The van der Waals surface area contributed by atoms with E-state index in [2.05, 4.69) is 4.98 Å². The topological polar surface area (TPSA) is 60.9 Å². The number of aromatic nitrogens is 1. The van der Waals surface area contributed by atoms with Gasteiger partial charge in [-0.25, -0.2) is 4.79 Å². The van der Waals surface area contributed by atoms with Gasteiger partial charge in [-0.3, -0.25) is 4.98 Å². The SMILES string of the molecule is CC(C)(C)OC(=O)N1CCC(c2cc(B3OC(C)(C)C(C)(C)O3)ccn2)C1. The summed E-state index contributed by atoms with van der Waals surface area (Å²) in [6.45, 7) is 15.1. The van der Waals surface area contributed by atoms with Crippen molar-refractivity contribution in [2.45, 2.75) is 77.6 Å². The van der Waals surface area contributed by atoms with Gasteiger partial charge in [0, 0.05) is 30.9 Å². The molecule has 0 radical (unpaired) electrons. The Hall–Kier alpha value is -1.60. The molecule has 7 heteroatoms. The standard InChI is InChI=1S/C20H31BN2O4/c1-18(2,3)25-17(24)23-11-9-14(13-23)16-12-15(8-10-22-16)21-26-19(4,5)20(6,7)27-21/h8,10,12,14H,9,11,13H2,1-7H3. The minimum absolute atomic E-state index is 0.194. The van der Waals surface area contributed by atoms with Gasteiger partial charge in [0.1, 0.15) is 5.60 Å². The van der Waals surface area contributed by atoms with Crippen molar-refractivity contribution in [3.05, 3.63) is 24.0 Å². The summed E-state index contributed by atoms with van der Waals surface area (Å²) in [4.78, 5) is 18.6. The van der Waals surface area contributed by atoms with E-state index in [1.54, 1.807) is 11.1 Å². The number of nitrogens with zero attached hydrogens (tertiary/aromatic N) is 2. The number of amides is 1. The molecular formula is C20H31BN2O4. The first kappa shape index (κ1) is 20.1. The minimum atomic E-state index is -0.482. The van der Waals surface area contributed by atoms with Crippen molar-refractivity contribution < 1.29 is 18.8 Å². The second-order valence-electron chi connectivity index (χ2n) is 9.51. The molecule has 0 aromatic carbocycles. The Bertz CT molecular complexity index is 698. The third kappa shape index (κ3) is 4.30. The van der Waals surface area contributed by atoms with E-state index in [0.717, 1.165) is 17.6 Å². The number of carbonyl (C=O) groups excluding carboxylic acids is 1. The molecule has 1 atom stereocenters. The number of ether oxygens (including phenoxy) is 1. The Labute approximate surface area is 162 Å². The summed E-state index contributed by atoms with van der Waals surface area (Å²) in [7, 11) is -0.403. The Balaban J connectivity index is 1.70. The van der Waals surface area contributed by atoms with Gasteiger partial charge >= 0.3 is 13.2 Å². The van der Waals surface area contributed by atoms with Crippen LogP contribution in [0.3, 0.4) is 0 Å². The fourth-order valence-electron chi connectivity index (χ4n) is 3.31. The maximum absolute atomic E-state index is 12.3. The zero-order chi connectivity index (χ0) is 20.0. The summed E-state index contributed by atoms with van der Waals surface area (Å²) in [6.07, 6.45) is 2.41. The van der Waals surface area contributed by atoms with E-state index in [1.165, 1.54) is 0 Å². The van der Waals surface area contributed by atoms with Gasteiger partial charge in [0.05, 0.1) is 11.2 Å². The lowest BCUT2D eigenvalue weighted by Gasteiger charge is -2.32. The summed E-state index contributed by atoms with van der Waals surface area (Å²) in [5.74, 6) is 0.194. The van der Waals surface area contributed by atoms with Crippen LogP contribution in [0.15, 0.2) is 18.3 Å². The summed E-state index contributed by atoms with van der Waals surface area (Å²) in [5.41, 5.74) is 0.705. The summed E-state index contributed by atoms with van der Waals surface area (Å²) in [5, 5.41) is 0. The van der Waals surface area contributed by atoms with Crippen molar-refractivity contribution in [2.75, 3.05) is 13.1 Å². The molecule has 2 saturated heterocycles. The molecule has 1 aromatic rings. The molecule has 0 saturated carbocycles. The molecule has 1 aromatic heterocycles. The molecular weight excluding hydrogens is 343 g/mol. The van der Waals surface area contributed by atoms with Crippen LogP contribution >= 0.6 is 0 Å². The van der Waals surface area contributed by atoms with Crippen LogP contribution in [-0.2, 0) is 14.0 Å². The number of likely N-dealkylation sites (tertiary alicyclic amines) is 1. The molecule has 1 unspecified atom stereocenters. The van der Waals surface area contributed by atoms with Crippen molar-refractivity contribution in [2.24, 2.45) is 0 Å². The van der Waals surface area contributed by atoms with Gasteiger partial charge in [0.2, 0.25) is 0 Å². The largest absolute Gasteiger partial charge is 0.494 e. The van der Waals surface area contributed by atoms with Crippen LogP contribution < -0.4 is 5.46 Å². The molecule has 3 rings (SSSR count). The third-order valence-corrected chi connectivity index (χ3v) is 5.59. The predicted octanol–water partition coefficient (Wildman–Crippen LogP) is 3.11. The fourth-order valence-corrected chi connectivity index (χ4v) is 3.31. The van der Waals surface area contributed by atoms with E-state index >= 15 is 0 Å². The van der Waals surface area contributed by atoms with Crippen molar-refractivity contribution >= 4 is 18.7 Å². The highest BCUT2D eigenvalue weighted by Gasteiger charge is 2.51. The lowest BCUT2D eigenvalue weighted by Crippen LogP contribution is -2.41. The number of hydrogen-bond donors (Lipinski definition) is 0. The van der Waals surface area contributed by atoms with Gasteiger partial charge in [-0.15, -0.1) is 0 Å². The van der Waals surface area contributed by atoms with Gasteiger partial charge in [-0.2, -0.15) is 0 Å². The molecule has 2 fully saturated rings. The third-order valence-electron chi connectivity index (χ3n) is 5.59. The van der Waals surface area contributed by atoms with Crippen LogP contribution in [0.25, 0.3) is 0 Å². The summed E-state index contributed by atoms with van der Waals surface area (Å²) < 4.78 is 17.8.